The number of imidazole rings is 1. The van der Waals surface area contributed by atoms with Crippen LogP contribution in [0.15, 0.2) is 54.7 Å². The fourth-order valence-electron chi connectivity index (χ4n) is 3.98. The summed E-state index contributed by atoms with van der Waals surface area (Å²) in [6.45, 7) is 0. The summed E-state index contributed by atoms with van der Waals surface area (Å²) in [7, 11) is 0. The third-order valence-electron chi connectivity index (χ3n) is 5.25. The number of hydrogen-bond donors (Lipinski definition) is 0. The number of nitrogens with zero attached hydrogens (tertiary/aromatic N) is 3. The fraction of sp³-hybridized carbons (Fsp3) is 0.182. The Balaban J connectivity index is 1.76. The molecule has 0 aliphatic heterocycles. The molecule has 4 aromatic rings. The lowest BCUT2D eigenvalue weighted by Gasteiger charge is -2.17. The van der Waals surface area contributed by atoms with Crippen molar-refractivity contribution in [3.05, 3.63) is 71.4 Å². The van der Waals surface area contributed by atoms with Gasteiger partial charge < -0.3 is 0 Å². The third kappa shape index (κ3) is 2.15. The first kappa shape index (κ1) is 14.2. The van der Waals surface area contributed by atoms with Crippen molar-refractivity contribution in [1.29, 1.82) is 5.26 Å². The molecule has 25 heavy (non-hydrogen) atoms. The lowest BCUT2D eigenvalue weighted by atomic mass is 9.88. The molecule has 3 nitrogen and oxygen atoms in total. The summed E-state index contributed by atoms with van der Waals surface area (Å²) < 4.78 is 2.01. The first-order valence-corrected chi connectivity index (χ1v) is 8.77. The average molecular weight is 323 g/mol. The molecule has 5 rings (SSSR count). The van der Waals surface area contributed by atoms with E-state index < -0.39 is 0 Å². The monoisotopic (exact) mass is 323 g/mol. The summed E-state index contributed by atoms with van der Waals surface area (Å²) >= 11 is 0. The second-order valence-corrected chi connectivity index (χ2v) is 6.70. The molecule has 120 valence electrons. The zero-order valence-electron chi connectivity index (χ0n) is 13.9. The molecule has 2 heterocycles. The van der Waals surface area contributed by atoms with Crippen LogP contribution in [0.25, 0.3) is 27.8 Å². The Morgan fingerprint density at radius 2 is 1.80 bits per heavy atom. The highest BCUT2D eigenvalue weighted by molar-refractivity contribution is 5.86. The van der Waals surface area contributed by atoms with Crippen molar-refractivity contribution in [3.63, 3.8) is 0 Å². The first-order valence-electron chi connectivity index (χ1n) is 8.77. The molecule has 0 N–H and O–H groups in total. The molecule has 2 aromatic carbocycles. The number of fused-ring (bicyclic) bond motifs is 4. The fourth-order valence-corrected chi connectivity index (χ4v) is 3.98. The number of rotatable bonds is 1. The van der Waals surface area contributed by atoms with Crippen molar-refractivity contribution in [1.82, 2.24) is 9.38 Å². The molecule has 2 aromatic heterocycles. The second kappa shape index (κ2) is 5.46. The molecule has 0 spiro atoms. The van der Waals surface area contributed by atoms with Gasteiger partial charge in [0.15, 0.2) is 5.65 Å². The predicted octanol–water partition coefficient (Wildman–Crippen LogP) is 4.90. The molecule has 0 fully saturated rings. The minimum absolute atomic E-state index is 0.648. The molecule has 0 saturated heterocycles. The topological polar surface area (TPSA) is 41.1 Å². The van der Waals surface area contributed by atoms with Crippen LogP contribution >= 0.6 is 0 Å². The molecule has 0 atom stereocenters. The van der Waals surface area contributed by atoms with Crippen molar-refractivity contribution >= 4 is 16.7 Å². The zero-order chi connectivity index (χ0) is 16.8. The number of aryl methyl sites for hydroxylation is 2. The van der Waals surface area contributed by atoms with Crippen LogP contribution in [0.4, 0.5) is 0 Å². The van der Waals surface area contributed by atoms with Gasteiger partial charge in [-0.3, -0.25) is 4.40 Å². The Labute approximate surface area is 146 Å². The van der Waals surface area contributed by atoms with Crippen LogP contribution in [0.3, 0.4) is 0 Å². The summed E-state index contributed by atoms with van der Waals surface area (Å²) in [5.41, 5.74) is 8.31. The Hall–Kier alpha value is -3.12. The van der Waals surface area contributed by atoms with Crippen LogP contribution in [0, 0.1) is 11.3 Å². The van der Waals surface area contributed by atoms with Crippen molar-refractivity contribution in [2.24, 2.45) is 0 Å². The number of pyridine rings is 1. The van der Waals surface area contributed by atoms with Gasteiger partial charge in [0.05, 0.1) is 11.0 Å². The van der Waals surface area contributed by atoms with E-state index >= 15 is 0 Å². The normalized spacial score (nSPS) is 13.7. The van der Waals surface area contributed by atoms with Crippen LogP contribution in [-0.2, 0) is 12.8 Å². The molecule has 0 radical (unpaired) electrons. The van der Waals surface area contributed by atoms with Gasteiger partial charge in [-0.15, -0.1) is 0 Å². The minimum Gasteiger partial charge on any atom is -0.299 e. The van der Waals surface area contributed by atoms with Gasteiger partial charge in [-0.25, -0.2) is 4.98 Å². The zero-order valence-corrected chi connectivity index (χ0v) is 13.9. The molecule has 3 heteroatoms. The van der Waals surface area contributed by atoms with E-state index in [4.69, 9.17) is 4.98 Å². The Kier molecular flexibility index (Phi) is 3.11. The highest BCUT2D eigenvalue weighted by Gasteiger charge is 2.16. The maximum atomic E-state index is 9.84. The van der Waals surface area contributed by atoms with Crippen LogP contribution in [0.1, 0.15) is 29.5 Å². The average Bonchev–Trinajstić information content (AvgIpc) is 3.05. The van der Waals surface area contributed by atoms with E-state index in [1.165, 1.54) is 30.4 Å². The largest absolute Gasteiger partial charge is 0.299 e. The standard InChI is InChI=1S/C22H17N3/c23-14-19-18(17-10-9-15-5-1-2-6-16(15)13-17)11-12-25-21-8-4-3-7-20(21)24-22(19)25/h3-4,7-13H,1-2,5-6H2. The van der Waals surface area contributed by atoms with Crippen molar-refractivity contribution in [3.8, 4) is 17.2 Å². The van der Waals surface area contributed by atoms with Crippen LogP contribution < -0.4 is 0 Å². The molecular formula is C22H17N3. The van der Waals surface area contributed by atoms with E-state index in [0.29, 0.717) is 5.56 Å². The van der Waals surface area contributed by atoms with Gasteiger partial charge in [-0.1, -0.05) is 30.3 Å². The maximum absolute atomic E-state index is 9.84. The second-order valence-electron chi connectivity index (χ2n) is 6.70. The van der Waals surface area contributed by atoms with Gasteiger partial charge >= 0.3 is 0 Å². The molecular weight excluding hydrogens is 306 g/mol. The van der Waals surface area contributed by atoms with Crippen molar-refractivity contribution < 1.29 is 0 Å². The van der Waals surface area contributed by atoms with Gasteiger partial charge in [0.25, 0.3) is 0 Å². The molecule has 1 aliphatic carbocycles. The Bertz CT molecular complexity index is 1160. The van der Waals surface area contributed by atoms with Crippen molar-refractivity contribution in [2.45, 2.75) is 25.7 Å². The smallest absolute Gasteiger partial charge is 0.156 e. The SMILES string of the molecule is N#Cc1c(-c2ccc3c(c2)CCCC3)ccn2c1nc1ccccc12. The number of nitriles is 1. The number of para-hydroxylation sites is 2. The minimum atomic E-state index is 0.648. The van der Waals surface area contributed by atoms with E-state index in [0.717, 1.165) is 34.2 Å². The molecule has 0 amide bonds. The molecule has 0 unspecified atom stereocenters. The van der Waals surface area contributed by atoms with Gasteiger partial charge in [-0.2, -0.15) is 5.26 Å². The van der Waals surface area contributed by atoms with Crippen LogP contribution in [-0.4, -0.2) is 9.38 Å². The Morgan fingerprint density at radius 3 is 2.68 bits per heavy atom. The van der Waals surface area contributed by atoms with Crippen LogP contribution in [0.5, 0.6) is 0 Å². The summed E-state index contributed by atoms with van der Waals surface area (Å²) in [4.78, 5) is 4.70. The summed E-state index contributed by atoms with van der Waals surface area (Å²) in [6.07, 6.45) is 6.88. The van der Waals surface area contributed by atoms with E-state index in [2.05, 4.69) is 24.3 Å². The van der Waals surface area contributed by atoms with Crippen molar-refractivity contribution in [2.75, 3.05) is 0 Å². The summed E-state index contributed by atoms with van der Waals surface area (Å²) in [5, 5.41) is 9.84. The summed E-state index contributed by atoms with van der Waals surface area (Å²) in [6, 6.07) is 19.1. The van der Waals surface area contributed by atoms with E-state index in [1.54, 1.807) is 0 Å². The van der Waals surface area contributed by atoms with E-state index in [1.807, 2.05) is 40.9 Å². The third-order valence-corrected chi connectivity index (χ3v) is 5.25. The van der Waals surface area contributed by atoms with Crippen LogP contribution in [0.2, 0.25) is 0 Å². The number of aromatic nitrogens is 2. The maximum Gasteiger partial charge on any atom is 0.156 e. The lowest BCUT2D eigenvalue weighted by Crippen LogP contribution is -2.02. The number of benzene rings is 2. The molecule has 1 aliphatic rings. The highest BCUT2D eigenvalue weighted by atomic mass is 15.0. The molecule has 0 bridgehead atoms. The predicted molar refractivity (Wildman–Crippen MR) is 99.5 cm³/mol. The van der Waals surface area contributed by atoms with E-state index in [-0.39, 0.29) is 0 Å². The number of hydrogen-bond acceptors (Lipinski definition) is 2. The molecule has 0 saturated carbocycles. The lowest BCUT2D eigenvalue weighted by molar-refractivity contribution is 0.686. The van der Waals surface area contributed by atoms with Gasteiger partial charge in [0.1, 0.15) is 11.6 Å². The quantitative estimate of drug-likeness (QED) is 0.499. The summed E-state index contributed by atoms with van der Waals surface area (Å²) in [5.74, 6) is 0. The van der Waals surface area contributed by atoms with E-state index in [9.17, 15) is 5.26 Å². The highest BCUT2D eigenvalue weighted by Crippen LogP contribution is 2.31. The van der Waals surface area contributed by atoms with Gasteiger partial charge in [0, 0.05) is 11.8 Å². The first-order chi connectivity index (χ1) is 12.3. The Morgan fingerprint density at radius 1 is 0.960 bits per heavy atom. The van der Waals surface area contributed by atoms with Gasteiger partial charge in [-0.05, 0) is 60.6 Å². The van der Waals surface area contributed by atoms with Gasteiger partial charge in [0.2, 0.25) is 0 Å².